The largest absolute Gasteiger partial charge is 0.491 e. The van der Waals surface area contributed by atoms with Crippen LogP contribution in [0.2, 0.25) is 0 Å². The second-order valence-electron chi connectivity index (χ2n) is 4.28. The van der Waals surface area contributed by atoms with E-state index in [9.17, 15) is 9.18 Å². The Morgan fingerprint density at radius 3 is 2.59 bits per heavy atom. The molecule has 0 saturated heterocycles. The Balaban J connectivity index is 3.02. The standard InChI is InChI=1S/C13H18FNO2/c1-5-17-11-7-6-9(8-10(11)14)12(16)13(2,3)15-4/h6-8,15H,5H2,1-4H3. The maximum atomic E-state index is 13.6. The summed E-state index contributed by atoms with van der Waals surface area (Å²) in [6, 6.07) is 4.28. The summed E-state index contributed by atoms with van der Waals surface area (Å²) in [5.74, 6) is -0.488. The third-order valence-electron chi connectivity index (χ3n) is 2.69. The average Bonchev–Trinajstić information content (AvgIpc) is 2.31. The van der Waals surface area contributed by atoms with Crippen LogP contribution < -0.4 is 10.1 Å². The molecule has 0 aromatic heterocycles. The molecule has 1 aromatic carbocycles. The highest BCUT2D eigenvalue weighted by Gasteiger charge is 2.27. The summed E-state index contributed by atoms with van der Waals surface area (Å²) < 4.78 is 18.7. The summed E-state index contributed by atoms with van der Waals surface area (Å²) in [7, 11) is 1.70. The second kappa shape index (κ2) is 5.27. The van der Waals surface area contributed by atoms with Crippen molar-refractivity contribution in [3.05, 3.63) is 29.6 Å². The highest BCUT2D eigenvalue weighted by molar-refractivity contribution is 6.02. The van der Waals surface area contributed by atoms with Gasteiger partial charge in [0, 0.05) is 5.56 Å². The van der Waals surface area contributed by atoms with Crippen molar-refractivity contribution in [2.45, 2.75) is 26.3 Å². The molecule has 0 saturated carbocycles. The van der Waals surface area contributed by atoms with Crippen molar-refractivity contribution in [3.63, 3.8) is 0 Å². The fraction of sp³-hybridized carbons (Fsp3) is 0.462. The zero-order valence-electron chi connectivity index (χ0n) is 10.6. The molecule has 0 aliphatic carbocycles. The van der Waals surface area contributed by atoms with Crippen LogP contribution >= 0.6 is 0 Å². The molecular formula is C13H18FNO2. The molecule has 0 spiro atoms. The van der Waals surface area contributed by atoms with E-state index in [0.717, 1.165) is 0 Å². The molecule has 0 unspecified atom stereocenters. The van der Waals surface area contributed by atoms with E-state index in [4.69, 9.17) is 4.74 Å². The van der Waals surface area contributed by atoms with Crippen LogP contribution in [0.5, 0.6) is 5.75 Å². The van der Waals surface area contributed by atoms with Gasteiger partial charge in [0.05, 0.1) is 12.1 Å². The number of carbonyl (C=O) groups is 1. The van der Waals surface area contributed by atoms with E-state index in [-0.39, 0.29) is 11.5 Å². The van der Waals surface area contributed by atoms with Gasteiger partial charge in [0.25, 0.3) is 0 Å². The third-order valence-corrected chi connectivity index (χ3v) is 2.69. The Morgan fingerprint density at radius 2 is 2.12 bits per heavy atom. The number of benzene rings is 1. The van der Waals surface area contributed by atoms with E-state index in [1.54, 1.807) is 33.9 Å². The number of hydrogen-bond acceptors (Lipinski definition) is 3. The van der Waals surface area contributed by atoms with Crippen molar-refractivity contribution in [1.82, 2.24) is 5.32 Å². The van der Waals surface area contributed by atoms with E-state index in [0.29, 0.717) is 12.2 Å². The zero-order chi connectivity index (χ0) is 13.1. The number of ketones is 1. The van der Waals surface area contributed by atoms with Gasteiger partial charge in [0.2, 0.25) is 0 Å². The van der Waals surface area contributed by atoms with Crippen molar-refractivity contribution in [3.8, 4) is 5.75 Å². The number of rotatable bonds is 5. The molecule has 0 atom stereocenters. The molecule has 0 radical (unpaired) electrons. The minimum absolute atomic E-state index is 0.151. The van der Waals surface area contributed by atoms with Gasteiger partial charge in [-0.1, -0.05) is 0 Å². The van der Waals surface area contributed by atoms with Gasteiger partial charge in [-0.2, -0.15) is 0 Å². The van der Waals surface area contributed by atoms with Crippen LogP contribution in [0.25, 0.3) is 0 Å². The molecule has 0 fully saturated rings. The topological polar surface area (TPSA) is 38.3 Å². The first-order valence-electron chi connectivity index (χ1n) is 5.58. The molecule has 0 aliphatic rings. The van der Waals surface area contributed by atoms with Crippen LogP contribution in [0.15, 0.2) is 18.2 Å². The lowest BCUT2D eigenvalue weighted by molar-refractivity contribution is 0.0889. The Hall–Kier alpha value is -1.42. The van der Waals surface area contributed by atoms with E-state index in [1.807, 2.05) is 0 Å². The lowest BCUT2D eigenvalue weighted by atomic mass is 9.93. The summed E-state index contributed by atoms with van der Waals surface area (Å²) >= 11 is 0. The lowest BCUT2D eigenvalue weighted by Crippen LogP contribution is -2.44. The van der Waals surface area contributed by atoms with Crippen LogP contribution in [0.1, 0.15) is 31.1 Å². The number of carbonyl (C=O) groups excluding carboxylic acids is 1. The van der Waals surface area contributed by atoms with Gasteiger partial charge in [0.15, 0.2) is 17.3 Å². The van der Waals surface area contributed by atoms with Crippen LogP contribution in [0.3, 0.4) is 0 Å². The first kappa shape index (κ1) is 13.6. The third kappa shape index (κ3) is 3.03. The molecule has 0 heterocycles. The maximum absolute atomic E-state index is 13.6. The molecule has 0 bridgehead atoms. The molecule has 94 valence electrons. The summed E-state index contributed by atoms with van der Waals surface area (Å²) in [5, 5.41) is 2.90. The molecular weight excluding hydrogens is 221 g/mol. The highest BCUT2D eigenvalue weighted by atomic mass is 19.1. The minimum atomic E-state index is -0.709. The van der Waals surface area contributed by atoms with E-state index >= 15 is 0 Å². The van der Waals surface area contributed by atoms with Gasteiger partial charge < -0.3 is 10.1 Å². The number of hydrogen-bond donors (Lipinski definition) is 1. The van der Waals surface area contributed by atoms with Crippen molar-refractivity contribution < 1.29 is 13.9 Å². The van der Waals surface area contributed by atoms with Crippen LogP contribution in [0, 0.1) is 5.82 Å². The maximum Gasteiger partial charge on any atom is 0.182 e. The fourth-order valence-corrected chi connectivity index (χ4v) is 1.39. The summed E-state index contributed by atoms with van der Waals surface area (Å²) in [5.41, 5.74) is -0.371. The van der Waals surface area contributed by atoms with Crippen molar-refractivity contribution in [2.75, 3.05) is 13.7 Å². The predicted octanol–water partition coefficient (Wildman–Crippen LogP) is 2.41. The molecule has 0 amide bonds. The lowest BCUT2D eigenvalue weighted by Gasteiger charge is -2.22. The number of ether oxygens (including phenoxy) is 1. The monoisotopic (exact) mass is 239 g/mol. The van der Waals surface area contributed by atoms with Crippen LogP contribution in [-0.4, -0.2) is 25.0 Å². The van der Waals surface area contributed by atoms with E-state index in [1.165, 1.54) is 12.1 Å². The molecule has 4 heteroatoms. The van der Waals surface area contributed by atoms with E-state index < -0.39 is 11.4 Å². The smallest absolute Gasteiger partial charge is 0.182 e. The number of Topliss-reactive ketones (excluding diaryl/α,β-unsaturated/α-hetero) is 1. The number of halogens is 1. The van der Waals surface area contributed by atoms with Crippen LogP contribution in [-0.2, 0) is 0 Å². The zero-order valence-corrected chi connectivity index (χ0v) is 10.6. The SMILES string of the molecule is CCOc1ccc(C(=O)C(C)(C)NC)cc1F. The van der Waals surface area contributed by atoms with Gasteiger partial charge in [0.1, 0.15) is 0 Å². The Labute approximate surface area is 101 Å². The Bertz CT molecular complexity index is 416. The van der Waals surface area contributed by atoms with Gasteiger partial charge in [-0.3, -0.25) is 4.79 Å². The second-order valence-corrected chi connectivity index (χ2v) is 4.28. The number of likely N-dealkylation sites (N-methyl/N-ethyl adjacent to an activating group) is 1. The van der Waals surface area contributed by atoms with Gasteiger partial charge in [-0.25, -0.2) is 4.39 Å². The summed E-state index contributed by atoms with van der Waals surface area (Å²) in [6.45, 7) is 5.68. The molecule has 1 aromatic rings. The normalized spacial score (nSPS) is 11.4. The predicted molar refractivity (Wildman–Crippen MR) is 65.0 cm³/mol. The molecule has 3 nitrogen and oxygen atoms in total. The highest BCUT2D eigenvalue weighted by Crippen LogP contribution is 2.21. The van der Waals surface area contributed by atoms with Crippen molar-refractivity contribution in [2.24, 2.45) is 0 Å². The first-order chi connectivity index (χ1) is 7.92. The van der Waals surface area contributed by atoms with E-state index in [2.05, 4.69) is 5.32 Å². The minimum Gasteiger partial charge on any atom is -0.491 e. The van der Waals surface area contributed by atoms with Crippen molar-refractivity contribution >= 4 is 5.78 Å². The summed E-state index contributed by atoms with van der Waals surface area (Å²) in [4.78, 5) is 12.0. The fourth-order valence-electron chi connectivity index (χ4n) is 1.39. The summed E-state index contributed by atoms with van der Waals surface area (Å²) in [6.07, 6.45) is 0. The Kier molecular flexibility index (Phi) is 4.23. The van der Waals surface area contributed by atoms with Gasteiger partial charge in [-0.15, -0.1) is 0 Å². The number of nitrogens with one attached hydrogen (secondary N) is 1. The van der Waals surface area contributed by atoms with Crippen molar-refractivity contribution in [1.29, 1.82) is 0 Å². The van der Waals surface area contributed by atoms with Crippen LogP contribution in [0.4, 0.5) is 4.39 Å². The molecule has 1 N–H and O–H groups in total. The first-order valence-corrected chi connectivity index (χ1v) is 5.58. The Morgan fingerprint density at radius 1 is 1.47 bits per heavy atom. The van der Waals surface area contributed by atoms with Gasteiger partial charge in [-0.05, 0) is 46.0 Å². The quantitative estimate of drug-likeness (QED) is 0.802. The van der Waals surface area contributed by atoms with Gasteiger partial charge >= 0.3 is 0 Å². The molecule has 0 aliphatic heterocycles. The average molecular weight is 239 g/mol. The molecule has 1 rings (SSSR count). The molecule has 17 heavy (non-hydrogen) atoms.